The van der Waals surface area contributed by atoms with Crippen molar-refractivity contribution >= 4 is 22.8 Å². The van der Waals surface area contributed by atoms with E-state index in [4.69, 9.17) is 5.11 Å². The van der Waals surface area contributed by atoms with E-state index in [1.165, 1.54) is 4.90 Å². The van der Waals surface area contributed by atoms with E-state index in [1.807, 2.05) is 0 Å². The molecule has 1 aliphatic heterocycles. The van der Waals surface area contributed by atoms with Crippen molar-refractivity contribution in [3.8, 4) is 0 Å². The fourth-order valence-electron chi connectivity index (χ4n) is 1.02. The van der Waals surface area contributed by atoms with Gasteiger partial charge in [0.05, 0.1) is 6.10 Å². The van der Waals surface area contributed by atoms with E-state index in [-0.39, 0.29) is 6.54 Å². The maximum Gasteiger partial charge on any atom is 0.301 e. The van der Waals surface area contributed by atoms with Crippen molar-refractivity contribution in [2.75, 3.05) is 25.4 Å². The van der Waals surface area contributed by atoms with Gasteiger partial charge in [-0.1, -0.05) is 11.8 Å². The average Bonchev–Trinajstić information content (AvgIpc) is 2.13. The van der Waals surface area contributed by atoms with Crippen LogP contribution in [0.3, 0.4) is 0 Å². The Morgan fingerprint density at radius 2 is 2.23 bits per heavy atom. The Hall–Kier alpha value is -0.590. The summed E-state index contributed by atoms with van der Waals surface area (Å²) in [7, 11) is 0. The summed E-state index contributed by atoms with van der Waals surface area (Å²) >= 11 is 0.975. The minimum Gasteiger partial charge on any atom is -0.389 e. The van der Waals surface area contributed by atoms with Crippen molar-refractivity contribution in [1.82, 2.24) is 4.90 Å². The second-order valence-electron chi connectivity index (χ2n) is 2.71. The highest BCUT2D eigenvalue weighted by molar-refractivity contribution is 8.15. The molecule has 0 aromatic heterocycles. The van der Waals surface area contributed by atoms with Gasteiger partial charge in [-0.3, -0.25) is 9.59 Å². The van der Waals surface area contributed by atoms with Crippen molar-refractivity contribution in [2.45, 2.75) is 6.10 Å². The third-order valence-electron chi connectivity index (χ3n) is 1.68. The highest BCUT2D eigenvalue weighted by Crippen LogP contribution is 2.12. The predicted octanol–water partition coefficient (Wildman–Crippen LogP) is -1.12. The smallest absolute Gasteiger partial charge is 0.301 e. The van der Waals surface area contributed by atoms with Crippen LogP contribution in [0.5, 0.6) is 0 Å². The van der Waals surface area contributed by atoms with Crippen LogP contribution in [0, 0.1) is 0 Å². The van der Waals surface area contributed by atoms with Gasteiger partial charge in [-0.15, -0.1) is 0 Å². The summed E-state index contributed by atoms with van der Waals surface area (Å²) < 4.78 is 0. The van der Waals surface area contributed by atoms with Gasteiger partial charge in [0.1, 0.15) is 6.61 Å². The Morgan fingerprint density at radius 3 is 2.85 bits per heavy atom. The summed E-state index contributed by atoms with van der Waals surface area (Å²) in [6.45, 7) is -0.258. The Kier molecular flexibility index (Phi) is 3.71. The number of β-amino-alcohol motifs (C(OH)–C–C–N with tert-alkyl or cyclic N) is 1. The molecule has 0 spiro atoms. The molecule has 1 rings (SSSR count). The zero-order valence-corrected chi connectivity index (χ0v) is 7.75. The van der Waals surface area contributed by atoms with Crippen molar-refractivity contribution in [2.24, 2.45) is 0 Å². The number of rotatable bonds is 3. The molecule has 0 bridgehead atoms. The van der Waals surface area contributed by atoms with Crippen LogP contribution in [0.25, 0.3) is 0 Å². The molecule has 0 saturated carbocycles. The number of aliphatic hydroxyl groups is 1. The number of carbonyl (C=O) groups excluding carboxylic acids is 2. The molecule has 0 aromatic carbocycles. The normalized spacial score (nSPS) is 20.6. The first-order valence-electron chi connectivity index (χ1n) is 3.87. The number of thioether (sulfide) groups is 1. The van der Waals surface area contributed by atoms with Gasteiger partial charge in [0, 0.05) is 18.8 Å². The maximum absolute atomic E-state index is 11.1. The second kappa shape index (κ2) is 4.59. The predicted molar refractivity (Wildman–Crippen MR) is 45.6 cm³/mol. The minimum absolute atomic E-state index is 0.0331. The SMILES string of the molecule is [O]CC(O)CN1CCSC(=O)C1=O. The highest BCUT2D eigenvalue weighted by atomic mass is 32.2. The zero-order chi connectivity index (χ0) is 9.84. The third kappa shape index (κ3) is 2.68. The summed E-state index contributed by atoms with van der Waals surface area (Å²) in [5, 5.41) is 18.7. The number of hydrogen-bond acceptors (Lipinski definition) is 4. The van der Waals surface area contributed by atoms with Gasteiger partial charge in [-0.05, 0) is 0 Å². The molecular weight excluding hydrogens is 194 g/mol. The molecule has 1 fully saturated rings. The van der Waals surface area contributed by atoms with Crippen LogP contribution < -0.4 is 0 Å². The summed E-state index contributed by atoms with van der Waals surface area (Å²) in [4.78, 5) is 23.2. The molecule has 1 atom stereocenters. The fraction of sp³-hybridized carbons (Fsp3) is 0.714. The largest absolute Gasteiger partial charge is 0.389 e. The topological polar surface area (TPSA) is 77.5 Å². The lowest BCUT2D eigenvalue weighted by Crippen LogP contribution is -2.45. The molecule has 73 valence electrons. The summed E-state index contributed by atoms with van der Waals surface area (Å²) in [6.07, 6.45) is -1.07. The first-order chi connectivity index (χ1) is 6.15. The zero-order valence-electron chi connectivity index (χ0n) is 6.93. The van der Waals surface area contributed by atoms with Crippen molar-refractivity contribution in [3.05, 3.63) is 0 Å². The molecule has 1 N–H and O–H groups in total. The van der Waals surface area contributed by atoms with Crippen molar-refractivity contribution < 1.29 is 19.8 Å². The molecule has 13 heavy (non-hydrogen) atoms. The molecule has 1 aliphatic rings. The molecule has 5 nitrogen and oxygen atoms in total. The average molecular weight is 204 g/mol. The molecule has 0 aliphatic carbocycles. The standard InChI is InChI=1S/C7H10NO4S/c9-4-5(10)3-8-1-2-13-7(12)6(8)11/h5,10H,1-4H2. The molecular formula is C7H10NO4S. The molecule has 6 heteroatoms. The van der Waals surface area contributed by atoms with Crippen LogP contribution in [0.2, 0.25) is 0 Å². The quantitative estimate of drug-likeness (QED) is 0.591. The first kappa shape index (κ1) is 10.5. The first-order valence-corrected chi connectivity index (χ1v) is 4.86. The van der Waals surface area contributed by atoms with Gasteiger partial charge in [0.15, 0.2) is 0 Å². The summed E-state index contributed by atoms with van der Waals surface area (Å²) in [5.41, 5.74) is 0. The van der Waals surface area contributed by atoms with Gasteiger partial charge < -0.3 is 10.0 Å². The molecule has 1 heterocycles. The lowest BCUT2D eigenvalue weighted by molar-refractivity contribution is -0.142. The van der Waals surface area contributed by atoms with Crippen molar-refractivity contribution in [1.29, 1.82) is 0 Å². The van der Waals surface area contributed by atoms with Gasteiger partial charge >= 0.3 is 5.91 Å². The Labute approximate surface area is 79.7 Å². The monoisotopic (exact) mass is 204 g/mol. The number of carbonyl (C=O) groups is 2. The Morgan fingerprint density at radius 1 is 1.54 bits per heavy atom. The van der Waals surface area contributed by atoms with E-state index >= 15 is 0 Å². The van der Waals surface area contributed by atoms with Crippen LogP contribution in [-0.4, -0.2) is 52.6 Å². The number of aliphatic hydroxyl groups excluding tert-OH is 1. The molecule has 1 unspecified atom stereocenters. The fourth-order valence-corrected chi connectivity index (χ4v) is 1.77. The third-order valence-corrected chi connectivity index (χ3v) is 2.50. The number of amides is 1. The van der Waals surface area contributed by atoms with Gasteiger partial charge in [-0.2, -0.15) is 0 Å². The van der Waals surface area contributed by atoms with Gasteiger partial charge in [0.25, 0.3) is 5.12 Å². The van der Waals surface area contributed by atoms with E-state index < -0.39 is 23.7 Å². The Bertz CT molecular complexity index is 221. The molecule has 1 saturated heterocycles. The van der Waals surface area contributed by atoms with Crippen molar-refractivity contribution in [3.63, 3.8) is 0 Å². The second-order valence-corrected chi connectivity index (χ2v) is 3.78. The summed E-state index contributed by atoms with van der Waals surface area (Å²) in [5.74, 6) is -0.0698. The molecule has 0 aromatic rings. The van der Waals surface area contributed by atoms with Gasteiger partial charge in [-0.25, -0.2) is 5.11 Å². The maximum atomic E-state index is 11.1. The number of hydrogen-bond donors (Lipinski definition) is 1. The molecule has 1 amide bonds. The van der Waals surface area contributed by atoms with E-state index in [0.717, 1.165) is 11.8 Å². The highest BCUT2D eigenvalue weighted by Gasteiger charge is 2.28. The Balaban J connectivity index is 2.49. The van der Waals surface area contributed by atoms with E-state index in [9.17, 15) is 14.7 Å². The lowest BCUT2D eigenvalue weighted by atomic mass is 10.3. The van der Waals surface area contributed by atoms with Crippen LogP contribution in [0.4, 0.5) is 0 Å². The summed E-state index contributed by atoms with van der Waals surface area (Å²) in [6, 6.07) is 0. The number of nitrogens with zero attached hydrogens (tertiary/aromatic N) is 1. The van der Waals surface area contributed by atoms with E-state index in [2.05, 4.69) is 0 Å². The van der Waals surface area contributed by atoms with E-state index in [1.54, 1.807) is 0 Å². The van der Waals surface area contributed by atoms with Crippen LogP contribution in [-0.2, 0) is 14.7 Å². The van der Waals surface area contributed by atoms with Crippen LogP contribution >= 0.6 is 11.8 Å². The van der Waals surface area contributed by atoms with Gasteiger partial charge in [0.2, 0.25) is 0 Å². The minimum atomic E-state index is -1.07. The van der Waals surface area contributed by atoms with Crippen LogP contribution in [0.15, 0.2) is 0 Å². The lowest BCUT2D eigenvalue weighted by Gasteiger charge is -2.26. The molecule has 1 radical (unpaired) electrons. The van der Waals surface area contributed by atoms with E-state index in [0.29, 0.717) is 12.3 Å². The van der Waals surface area contributed by atoms with Crippen LogP contribution in [0.1, 0.15) is 0 Å².